The number of rotatable bonds is 5. The van der Waals surface area contributed by atoms with Crippen molar-refractivity contribution in [2.24, 2.45) is 0 Å². The molecule has 0 aliphatic carbocycles. The zero-order chi connectivity index (χ0) is 18.2. The number of alkyl halides is 7. The van der Waals surface area contributed by atoms with Gasteiger partial charge in [0, 0.05) is 23.5 Å². The van der Waals surface area contributed by atoms with Crippen molar-refractivity contribution in [1.82, 2.24) is 4.98 Å². The van der Waals surface area contributed by atoms with Gasteiger partial charge in [0.1, 0.15) is 0 Å². The molecule has 24 heavy (non-hydrogen) atoms. The number of fused-ring (bicyclic) bond motifs is 1. The first kappa shape index (κ1) is 18.1. The lowest BCUT2D eigenvalue weighted by atomic mass is 10.1. The Bertz CT molecular complexity index is 736. The van der Waals surface area contributed by atoms with Crippen molar-refractivity contribution < 1.29 is 40.3 Å². The van der Waals surface area contributed by atoms with Crippen LogP contribution in [0.15, 0.2) is 30.5 Å². The maximum atomic E-state index is 13.1. The molecule has 1 heterocycles. The molecule has 2 aromatic rings. The Morgan fingerprint density at radius 2 is 1.67 bits per heavy atom. The monoisotopic (exact) mass is 357 g/mol. The summed E-state index contributed by atoms with van der Waals surface area (Å²) < 4.78 is 91.3. The largest absolute Gasteiger partial charge is 0.461 e. The molecule has 0 atom stereocenters. The molecule has 10 heteroatoms. The summed E-state index contributed by atoms with van der Waals surface area (Å²) in [5.41, 5.74) is 1.23. The minimum atomic E-state index is -6.58. The number of H-pyrrole nitrogens is 1. The first-order valence-electron chi connectivity index (χ1n) is 6.53. The molecular formula is C14H10F7NO2. The van der Waals surface area contributed by atoms with Crippen LogP contribution in [0.5, 0.6) is 0 Å². The summed E-state index contributed by atoms with van der Waals surface area (Å²) in [5.74, 6) is -15.5. The van der Waals surface area contributed by atoms with Crippen LogP contribution in [0.3, 0.4) is 0 Å². The van der Waals surface area contributed by atoms with Gasteiger partial charge in [0.2, 0.25) is 0 Å². The smallest absolute Gasteiger partial charge is 0.460 e. The van der Waals surface area contributed by atoms with Crippen molar-refractivity contribution in [2.75, 3.05) is 6.61 Å². The van der Waals surface area contributed by atoms with Gasteiger partial charge < -0.3 is 9.72 Å². The van der Waals surface area contributed by atoms with Crippen LogP contribution in [-0.4, -0.2) is 35.6 Å². The van der Waals surface area contributed by atoms with Crippen LogP contribution in [0.1, 0.15) is 5.56 Å². The minimum Gasteiger partial charge on any atom is -0.461 e. The summed E-state index contributed by atoms with van der Waals surface area (Å²) in [6, 6.07) is 6.80. The Hall–Kier alpha value is -2.26. The van der Waals surface area contributed by atoms with Gasteiger partial charge in [-0.3, -0.25) is 0 Å². The molecule has 0 aliphatic rings. The summed E-state index contributed by atoms with van der Waals surface area (Å²) in [6.45, 7) is -0.774. The second-order valence-corrected chi connectivity index (χ2v) is 4.89. The van der Waals surface area contributed by atoms with Gasteiger partial charge in [-0.15, -0.1) is 0 Å². The molecule has 1 aromatic heterocycles. The molecule has 2 rings (SSSR count). The number of carbonyl (C=O) groups excluding carboxylic acids is 1. The van der Waals surface area contributed by atoms with Crippen molar-refractivity contribution in [3.05, 3.63) is 36.0 Å². The van der Waals surface area contributed by atoms with Gasteiger partial charge in [-0.1, -0.05) is 18.2 Å². The lowest BCUT2D eigenvalue weighted by Gasteiger charge is -2.26. The van der Waals surface area contributed by atoms with Crippen molar-refractivity contribution in [1.29, 1.82) is 0 Å². The molecule has 0 spiro atoms. The quantitative estimate of drug-likeness (QED) is 0.647. The molecule has 0 unspecified atom stereocenters. The third-order valence-electron chi connectivity index (χ3n) is 3.29. The average molecular weight is 357 g/mol. The number of carbonyl (C=O) groups is 1. The lowest BCUT2D eigenvalue weighted by molar-refractivity contribution is -0.348. The minimum absolute atomic E-state index is 0.135. The topological polar surface area (TPSA) is 42.1 Å². The average Bonchev–Trinajstić information content (AvgIpc) is 2.89. The van der Waals surface area contributed by atoms with Crippen molar-refractivity contribution in [3.8, 4) is 0 Å². The Balaban J connectivity index is 2.03. The van der Waals surface area contributed by atoms with E-state index in [2.05, 4.69) is 9.72 Å². The summed E-state index contributed by atoms with van der Waals surface area (Å²) in [7, 11) is 0. The van der Waals surface area contributed by atoms with Crippen LogP contribution in [0.2, 0.25) is 0 Å². The fourth-order valence-corrected chi connectivity index (χ4v) is 1.99. The molecule has 0 amide bonds. The second-order valence-electron chi connectivity index (χ2n) is 4.89. The number of hydrogen-bond acceptors (Lipinski definition) is 2. The number of halogens is 7. The van der Waals surface area contributed by atoms with E-state index in [1.165, 1.54) is 6.20 Å². The number of aromatic nitrogens is 1. The predicted molar refractivity (Wildman–Crippen MR) is 68.9 cm³/mol. The summed E-state index contributed by atoms with van der Waals surface area (Å²) in [4.78, 5) is 13.8. The van der Waals surface area contributed by atoms with Gasteiger partial charge in [-0.05, 0) is 11.6 Å². The van der Waals surface area contributed by atoms with Crippen LogP contribution in [-0.2, 0) is 16.0 Å². The van der Waals surface area contributed by atoms with Gasteiger partial charge in [-0.25, -0.2) is 4.79 Å². The highest BCUT2D eigenvalue weighted by molar-refractivity contribution is 5.83. The number of hydrogen-bond donors (Lipinski definition) is 1. The first-order chi connectivity index (χ1) is 11.0. The summed E-state index contributed by atoms with van der Waals surface area (Å²) >= 11 is 0. The highest BCUT2D eigenvalue weighted by atomic mass is 19.4. The molecule has 0 radical (unpaired) electrons. The van der Waals surface area contributed by atoms with Gasteiger partial charge in [0.25, 0.3) is 0 Å². The van der Waals surface area contributed by atoms with Gasteiger partial charge in [-0.2, -0.15) is 30.7 Å². The molecule has 0 bridgehead atoms. The number of aromatic amines is 1. The Kier molecular flexibility index (Phi) is 4.51. The third kappa shape index (κ3) is 3.04. The Morgan fingerprint density at radius 3 is 2.29 bits per heavy atom. The van der Waals surface area contributed by atoms with E-state index in [9.17, 15) is 35.5 Å². The number of esters is 1. The fraction of sp³-hybridized carbons (Fsp3) is 0.357. The van der Waals surface area contributed by atoms with E-state index in [-0.39, 0.29) is 6.42 Å². The standard InChI is InChI=1S/C14H10F7NO2/c15-12(16,13(17,18)14(19,20)21)11(23)24-6-5-8-7-22-10-4-2-1-3-9(8)10/h1-4,7,22H,5-6H2. The van der Waals surface area contributed by atoms with Gasteiger partial charge in [0.15, 0.2) is 0 Å². The second kappa shape index (κ2) is 5.99. The van der Waals surface area contributed by atoms with Crippen LogP contribution >= 0.6 is 0 Å². The van der Waals surface area contributed by atoms with Crippen LogP contribution in [0, 0.1) is 0 Å². The normalized spacial score (nSPS) is 13.3. The van der Waals surface area contributed by atoms with E-state index in [4.69, 9.17) is 0 Å². The number of ether oxygens (including phenoxy) is 1. The highest BCUT2D eigenvalue weighted by Crippen LogP contribution is 2.46. The molecule has 0 fully saturated rings. The van der Waals surface area contributed by atoms with E-state index in [0.29, 0.717) is 16.5 Å². The summed E-state index contributed by atoms with van der Waals surface area (Å²) in [6.07, 6.45) is -5.23. The summed E-state index contributed by atoms with van der Waals surface area (Å²) in [5, 5.41) is 0.681. The van der Waals surface area contributed by atoms with Crippen molar-refractivity contribution in [3.63, 3.8) is 0 Å². The molecular weight excluding hydrogens is 347 g/mol. The molecule has 3 nitrogen and oxygen atoms in total. The maximum Gasteiger partial charge on any atom is 0.460 e. The van der Waals surface area contributed by atoms with Crippen LogP contribution < -0.4 is 0 Å². The van der Waals surface area contributed by atoms with E-state index < -0.39 is 30.6 Å². The number of benzene rings is 1. The Labute approximate surface area is 130 Å². The molecule has 1 N–H and O–H groups in total. The van der Waals surface area contributed by atoms with Gasteiger partial charge >= 0.3 is 24.0 Å². The first-order valence-corrected chi connectivity index (χ1v) is 6.53. The third-order valence-corrected chi connectivity index (χ3v) is 3.29. The Morgan fingerprint density at radius 1 is 1.04 bits per heavy atom. The van der Waals surface area contributed by atoms with E-state index in [0.717, 1.165) is 0 Å². The van der Waals surface area contributed by atoms with E-state index >= 15 is 0 Å². The lowest BCUT2D eigenvalue weighted by Crippen LogP contribution is -2.56. The van der Waals surface area contributed by atoms with Crippen LogP contribution in [0.4, 0.5) is 30.7 Å². The highest BCUT2D eigenvalue weighted by Gasteiger charge is 2.77. The maximum absolute atomic E-state index is 13.1. The molecule has 0 saturated carbocycles. The predicted octanol–water partition coefficient (Wildman–Crippen LogP) is 4.09. The number of nitrogens with one attached hydrogen (secondary N) is 1. The zero-order valence-corrected chi connectivity index (χ0v) is 11.8. The molecule has 132 valence electrons. The molecule has 0 saturated heterocycles. The van der Waals surface area contributed by atoms with Gasteiger partial charge in [0.05, 0.1) is 6.61 Å². The molecule has 1 aromatic carbocycles. The molecule has 0 aliphatic heterocycles. The van der Waals surface area contributed by atoms with E-state index in [1.54, 1.807) is 24.3 Å². The van der Waals surface area contributed by atoms with E-state index in [1.807, 2.05) is 0 Å². The van der Waals surface area contributed by atoms with Crippen molar-refractivity contribution >= 4 is 16.9 Å². The SMILES string of the molecule is O=C(OCCc1c[nH]c2ccccc12)C(F)(F)C(F)(F)C(F)(F)F. The zero-order valence-electron chi connectivity index (χ0n) is 11.8. The number of para-hydroxylation sites is 1. The van der Waals surface area contributed by atoms with Crippen LogP contribution in [0.25, 0.3) is 10.9 Å². The van der Waals surface area contributed by atoms with Crippen molar-refractivity contribution in [2.45, 2.75) is 24.4 Å². The fourth-order valence-electron chi connectivity index (χ4n) is 1.99.